The highest BCUT2D eigenvalue weighted by atomic mass is 14.8. The molecule has 0 spiro atoms. The van der Waals surface area contributed by atoms with E-state index in [0.717, 1.165) is 22.6 Å². The van der Waals surface area contributed by atoms with Crippen LogP contribution in [0.15, 0.2) is 30.7 Å². The van der Waals surface area contributed by atoms with Gasteiger partial charge in [0.25, 0.3) is 0 Å². The molecule has 2 aromatic heterocycles. The molecule has 0 atom stereocenters. The summed E-state index contributed by atoms with van der Waals surface area (Å²) in [7, 11) is 0. The van der Waals surface area contributed by atoms with Crippen molar-refractivity contribution >= 4 is 0 Å². The van der Waals surface area contributed by atoms with Crippen molar-refractivity contribution in [3.05, 3.63) is 42.1 Å². The highest BCUT2D eigenvalue weighted by Crippen LogP contribution is 2.15. The average molecular weight is 202 g/mol. The Morgan fingerprint density at radius 2 is 1.67 bits per heavy atom. The Balaban J connectivity index is 0.00000112. The van der Waals surface area contributed by atoms with Crippen molar-refractivity contribution in [1.82, 2.24) is 21.1 Å². The smallest absolute Gasteiger partial charge is 0.0889 e. The number of hydrogen-bond donors (Lipinski definition) is 1. The van der Waals surface area contributed by atoms with Gasteiger partial charge in [0, 0.05) is 18.0 Å². The Morgan fingerprint density at radius 1 is 1.00 bits per heavy atom. The van der Waals surface area contributed by atoms with Gasteiger partial charge in [0.15, 0.2) is 0 Å². The van der Waals surface area contributed by atoms with Crippen molar-refractivity contribution in [1.29, 1.82) is 0 Å². The molecule has 0 aliphatic rings. The Kier molecular flexibility index (Phi) is 3.46. The molecule has 15 heavy (non-hydrogen) atoms. The van der Waals surface area contributed by atoms with E-state index in [9.17, 15) is 0 Å². The SMILES string of the molecule is Cc1ncc(-c2ccncc2)nc1C.N. The summed E-state index contributed by atoms with van der Waals surface area (Å²) < 4.78 is 0. The molecular weight excluding hydrogens is 188 g/mol. The summed E-state index contributed by atoms with van der Waals surface area (Å²) in [6.45, 7) is 3.92. The lowest BCUT2D eigenvalue weighted by molar-refractivity contribution is 1.05. The van der Waals surface area contributed by atoms with Gasteiger partial charge >= 0.3 is 0 Å². The number of pyridine rings is 1. The summed E-state index contributed by atoms with van der Waals surface area (Å²) >= 11 is 0. The summed E-state index contributed by atoms with van der Waals surface area (Å²) in [4.78, 5) is 12.7. The van der Waals surface area contributed by atoms with Crippen molar-refractivity contribution in [2.24, 2.45) is 0 Å². The van der Waals surface area contributed by atoms with Gasteiger partial charge in [0.2, 0.25) is 0 Å². The van der Waals surface area contributed by atoms with E-state index in [1.807, 2.05) is 26.0 Å². The maximum Gasteiger partial charge on any atom is 0.0889 e. The maximum absolute atomic E-state index is 4.45. The van der Waals surface area contributed by atoms with Crippen LogP contribution in [0.1, 0.15) is 11.4 Å². The Morgan fingerprint density at radius 3 is 2.27 bits per heavy atom. The Labute approximate surface area is 89.0 Å². The number of rotatable bonds is 1. The number of hydrogen-bond acceptors (Lipinski definition) is 4. The molecule has 0 aliphatic carbocycles. The van der Waals surface area contributed by atoms with Crippen LogP contribution in [0.4, 0.5) is 0 Å². The van der Waals surface area contributed by atoms with E-state index in [0.29, 0.717) is 0 Å². The zero-order valence-electron chi connectivity index (χ0n) is 8.94. The van der Waals surface area contributed by atoms with Crippen LogP contribution in [-0.4, -0.2) is 15.0 Å². The average Bonchev–Trinajstić information content (AvgIpc) is 2.23. The summed E-state index contributed by atoms with van der Waals surface area (Å²) in [6.07, 6.45) is 5.30. The molecule has 0 saturated heterocycles. The van der Waals surface area contributed by atoms with E-state index in [-0.39, 0.29) is 6.15 Å². The first-order chi connectivity index (χ1) is 6.77. The second-order valence-corrected chi connectivity index (χ2v) is 3.16. The number of aryl methyl sites for hydroxylation is 2. The fraction of sp³-hybridized carbons (Fsp3) is 0.182. The molecule has 2 rings (SSSR count). The number of nitrogens with zero attached hydrogens (tertiary/aromatic N) is 3. The van der Waals surface area contributed by atoms with Crippen molar-refractivity contribution in [3.8, 4) is 11.3 Å². The second kappa shape index (κ2) is 4.61. The van der Waals surface area contributed by atoms with E-state index in [4.69, 9.17) is 0 Å². The number of aromatic nitrogens is 3. The topological polar surface area (TPSA) is 73.7 Å². The minimum atomic E-state index is 0. The normalized spacial score (nSPS) is 9.47. The van der Waals surface area contributed by atoms with E-state index in [1.165, 1.54) is 0 Å². The molecule has 3 N–H and O–H groups in total. The van der Waals surface area contributed by atoms with E-state index >= 15 is 0 Å². The van der Waals surface area contributed by atoms with Gasteiger partial charge in [-0.15, -0.1) is 0 Å². The molecule has 4 heteroatoms. The van der Waals surface area contributed by atoms with E-state index < -0.39 is 0 Å². The van der Waals surface area contributed by atoms with Crippen molar-refractivity contribution < 1.29 is 0 Å². The quantitative estimate of drug-likeness (QED) is 0.770. The van der Waals surface area contributed by atoms with Gasteiger partial charge in [0.1, 0.15) is 0 Å². The van der Waals surface area contributed by atoms with Crippen LogP contribution >= 0.6 is 0 Å². The lowest BCUT2D eigenvalue weighted by Gasteiger charge is -2.02. The van der Waals surface area contributed by atoms with E-state index in [1.54, 1.807) is 18.6 Å². The lowest BCUT2D eigenvalue weighted by Crippen LogP contribution is -1.93. The molecule has 2 heterocycles. The van der Waals surface area contributed by atoms with Crippen molar-refractivity contribution in [2.75, 3.05) is 0 Å². The van der Waals surface area contributed by atoms with Crippen molar-refractivity contribution in [3.63, 3.8) is 0 Å². The molecule has 4 nitrogen and oxygen atoms in total. The van der Waals surface area contributed by atoms with Gasteiger partial charge in [0.05, 0.1) is 23.3 Å². The molecule has 0 amide bonds. The Bertz CT molecular complexity index is 440. The Hall–Kier alpha value is -1.81. The van der Waals surface area contributed by atoms with Crippen LogP contribution in [0, 0.1) is 13.8 Å². The zero-order valence-corrected chi connectivity index (χ0v) is 8.94. The highest BCUT2D eigenvalue weighted by Gasteiger charge is 2.01. The van der Waals surface area contributed by atoms with Gasteiger partial charge in [-0.25, -0.2) is 4.98 Å². The molecule has 0 aliphatic heterocycles. The fourth-order valence-corrected chi connectivity index (χ4v) is 1.20. The van der Waals surface area contributed by atoms with Gasteiger partial charge in [-0.3, -0.25) is 9.97 Å². The fourth-order valence-electron chi connectivity index (χ4n) is 1.20. The lowest BCUT2D eigenvalue weighted by atomic mass is 10.2. The summed E-state index contributed by atoms with van der Waals surface area (Å²) in [5.41, 5.74) is 3.90. The van der Waals surface area contributed by atoms with Crippen LogP contribution in [-0.2, 0) is 0 Å². The predicted octanol–water partition coefficient (Wildman–Crippen LogP) is 2.32. The van der Waals surface area contributed by atoms with Crippen LogP contribution in [0.2, 0.25) is 0 Å². The molecule has 78 valence electrons. The first-order valence-electron chi connectivity index (χ1n) is 4.48. The molecule has 0 saturated carbocycles. The van der Waals surface area contributed by atoms with Gasteiger partial charge in [-0.2, -0.15) is 0 Å². The van der Waals surface area contributed by atoms with Gasteiger partial charge in [-0.05, 0) is 26.0 Å². The third kappa shape index (κ3) is 2.35. The van der Waals surface area contributed by atoms with Crippen molar-refractivity contribution in [2.45, 2.75) is 13.8 Å². The second-order valence-electron chi connectivity index (χ2n) is 3.16. The summed E-state index contributed by atoms with van der Waals surface area (Å²) in [5, 5.41) is 0. The molecule has 0 unspecified atom stereocenters. The van der Waals surface area contributed by atoms with Crippen LogP contribution in [0.5, 0.6) is 0 Å². The minimum Gasteiger partial charge on any atom is -0.344 e. The molecule has 0 fully saturated rings. The van der Waals surface area contributed by atoms with Crippen LogP contribution in [0.25, 0.3) is 11.3 Å². The predicted molar refractivity (Wildman–Crippen MR) is 59.8 cm³/mol. The molecular formula is C11H14N4. The van der Waals surface area contributed by atoms with Crippen LogP contribution < -0.4 is 6.15 Å². The first kappa shape index (κ1) is 11.3. The van der Waals surface area contributed by atoms with Gasteiger partial charge < -0.3 is 6.15 Å². The third-order valence-corrected chi connectivity index (χ3v) is 2.17. The maximum atomic E-state index is 4.45. The molecule has 0 radical (unpaired) electrons. The zero-order chi connectivity index (χ0) is 9.97. The third-order valence-electron chi connectivity index (χ3n) is 2.17. The monoisotopic (exact) mass is 202 g/mol. The van der Waals surface area contributed by atoms with E-state index in [2.05, 4.69) is 15.0 Å². The summed E-state index contributed by atoms with van der Waals surface area (Å²) in [6, 6.07) is 3.86. The minimum absolute atomic E-state index is 0. The molecule has 0 aromatic carbocycles. The molecule has 0 bridgehead atoms. The largest absolute Gasteiger partial charge is 0.344 e. The first-order valence-corrected chi connectivity index (χ1v) is 4.48. The summed E-state index contributed by atoms with van der Waals surface area (Å²) in [5.74, 6) is 0. The van der Waals surface area contributed by atoms with Gasteiger partial charge in [-0.1, -0.05) is 0 Å². The standard InChI is InChI=1S/C11H11N3.H3N/c1-8-9(2)14-11(7-13-8)10-3-5-12-6-4-10;/h3-7H,1-2H3;1H3. The van der Waals surface area contributed by atoms with Crippen LogP contribution in [0.3, 0.4) is 0 Å². The molecule has 2 aromatic rings. The highest BCUT2D eigenvalue weighted by molar-refractivity contribution is 5.57.